The lowest BCUT2D eigenvalue weighted by atomic mass is 9.97. The summed E-state index contributed by atoms with van der Waals surface area (Å²) in [7, 11) is 4.20. The second kappa shape index (κ2) is 4.57. The number of fused-ring (bicyclic) bond motifs is 2. The molecule has 5 heteroatoms. The minimum absolute atomic E-state index is 0.196. The van der Waals surface area contributed by atoms with Crippen molar-refractivity contribution in [1.29, 1.82) is 0 Å². The summed E-state index contributed by atoms with van der Waals surface area (Å²) in [5, 5.41) is 5.75. The molecule has 3 atom stereocenters. The second-order valence-electron chi connectivity index (χ2n) is 7.32. The van der Waals surface area contributed by atoms with Gasteiger partial charge in [-0.25, -0.2) is 0 Å². The van der Waals surface area contributed by atoms with E-state index >= 15 is 0 Å². The van der Waals surface area contributed by atoms with Crippen molar-refractivity contribution in [2.45, 2.75) is 50.4 Å². The Morgan fingerprint density at radius 3 is 2.87 bits per heavy atom. The van der Waals surface area contributed by atoms with Gasteiger partial charge < -0.3 is 4.90 Å². The topological polar surface area (TPSA) is 41.4 Å². The summed E-state index contributed by atoms with van der Waals surface area (Å²) in [6, 6.07) is 7.49. The van der Waals surface area contributed by atoms with Gasteiger partial charge in [0, 0.05) is 30.6 Å². The zero-order chi connectivity index (χ0) is 15.7. The van der Waals surface area contributed by atoms with Crippen LogP contribution < -0.4 is 0 Å². The molecule has 1 aromatic heterocycles. The highest BCUT2D eigenvalue weighted by Gasteiger charge is 2.46. The first-order valence-electron chi connectivity index (χ1n) is 8.62. The zero-order valence-electron chi connectivity index (χ0n) is 13.7. The molecule has 120 valence electrons. The zero-order valence-corrected chi connectivity index (χ0v) is 13.7. The Bertz CT molecular complexity index is 811. The van der Waals surface area contributed by atoms with Crippen LogP contribution in [-0.2, 0) is 13.6 Å². The monoisotopic (exact) mass is 310 g/mol. The number of aryl methyl sites for hydroxylation is 1. The fraction of sp³-hybridized carbons (Fsp3) is 0.556. The van der Waals surface area contributed by atoms with Crippen LogP contribution >= 0.6 is 0 Å². The van der Waals surface area contributed by atoms with Gasteiger partial charge in [-0.15, -0.1) is 0 Å². The number of aromatic nitrogens is 2. The molecule has 2 aromatic rings. The van der Waals surface area contributed by atoms with Gasteiger partial charge in [-0.2, -0.15) is 5.10 Å². The van der Waals surface area contributed by atoms with Crippen molar-refractivity contribution in [3.63, 3.8) is 0 Å². The van der Waals surface area contributed by atoms with Crippen molar-refractivity contribution in [2.75, 3.05) is 7.05 Å². The van der Waals surface area contributed by atoms with Crippen LogP contribution in [0.25, 0.3) is 10.9 Å². The van der Waals surface area contributed by atoms with Crippen LogP contribution in [0.15, 0.2) is 18.2 Å². The molecule has 5 rings (SSSR count). The molecule has 0 saturated carbocycles. The molecule has 0 radical (unpaired) electrons. The molecule has 0 spiro atoms. The van der Waals surface area contributed by atoms with Gasteiger partial charge in [-0.1, -0.05) is 12.5 Å². The van der Waals surface area contributed by atoms with E-state index in [0.29, 0.717) is 24.7 Å². The molecule has 3 aliphatic heterocycles. The minimum Gasteiger partial charge on any atom is -0.328 e. The quantitative estimate of drug-likeness (QED) is 0.810. The van der Waals surface area contributed by atoms with Crippen molar-refractivity contribution in [1.82, 2.24) is 19.6 Å². The average molecular weight is 310 g/mol. The summed E-state index contributed by atoms with van der Waals surface area (Å²) in [5.74, 6) is 0.196. The molecule has 5 nitrogen and oxygen atoms in total. The Kier molecular flexibility index (Phi) is 2.69. The molecule has 1 amide bonds. The van der Waals surface area contributed by atoms with E-state index < -0.39 is 0 Å². The maximum Gasteiger partial charge on any atom is 0.255 e. The summed E-state index contributed by atoms with van der Waals surface area (Å²) in [4.78, 5) is 17.8. The molecule has 4 heterocycles. The maximum atomic E-state index is 13.2. The standard InChI is InChI=1S/C18H22N4O/c1-20-11-5-3-7-14(20)16(9-11)22-10-13-17-12(18(22)23)6-4-8-15(17)21(2)19-13/h4,6,8,11,14,16H,3,5,7,9-10H2,1-2H3. The van der Waals surface area contributed by atoms with E-state index in [9.17, 15) is 4.79 Å². The van der Waals surface area contributed by atoms with E-state index in [1.54, 1.807) is 0 Å². The van der Waals surface area contributed by atoms with Gasteiger partial charge in [0.15, 0.2) is 0 Å². The van der Waals surface area contributed by atoms with Crippen LogP contribution in [0.4, 0.5) is 0 Å². The highest BCUT2D eigenvalue weighted by atomic mass is 16.2. The Morgan fingerprint density at radius 2 is 2.04 bits per heavy atom. The Morgan fingerprint density at radius 1 is 1.17 bits per heavy atom. The van der Waals surface area contributed by atoms with Crippen molar-refractivity contribution >= 4 is 16.8 Å². The van der Waals surface area contributed by atoms with Gasteiger partial charge >= 0.3 is 0 Å². The SMILES string of the molecule is CN1C2CCCC1C(N1Cc3nn(C)c4cccc(c34)C1=O)C2. The second-order valence-corrected chi connectivity index (χ2v) is 7.32. The highest BCUT2D eigenvalue weighted by molar-refractivity contribution is 6.09. The Hall–Kier alpha value is -1.88. The van der Waals surface area contributed by atoms with Gasteiger partial charge in [-0.05, 0) is 38.4 Å². The number of piperidine rings is 1. The van der Waals surface area contributed by atoms with Crippen LogP contribution in [0.5, 0.6) is 0 Å². The van der Waals surface area contributed by atoms with E-state index in [1.165, 1.54) is 19.3 Å². The number of likely N-dealkylation sites (N-methyl/N-ethyl adjacent to an activating group) is 1. The molecule has 2 saturated heterocycles. The normalized spacial score (nSPS) is 30.4. The Labute approximate surface area is 135 Å². The van der Waals surface area contributed by atoms with E-state index in [-0.39, 0.29) is 5.91 Å². The van der Waals surface area contributed by atoms with Crippen molar-refractivity contribution in [2.24, 2.45) is 7.05 Å². The van der Waals surface area contributed by atoms with E-state index in [1.807, 2.05) is 23.9 Å². The summed E-state index contributed by atoms with van der Waals surface area (Å²) < 4.78 is 1.91. The number of benzene rings is 1. The first kappa shape index (κ1) is 13.5. The number of hydrogen-bond donors (Lipinski definition) is 0. The molecule has 1 aromatic carbocycles. The molecule has 3 aliphatic rings. The van der Waals surface area contributed by atoms with Crippen LogP contribution in [0.3, 0.4) is 0 Å². The van der Waals surface area contributed by atoms with E-state index in [2.05, 4.69) is 22.9 Å². The van der Waals surface area contributed by atoms with Crippen LogP contribution in [0.1, 0.15) is 41.7 Å². The summed E-state index contributed by atoms with van der Waals surface area (Å²) >= 11 is 0. The van der Waals surface area contributed by atoms with Gasteiger partial charge in [0.25, 0.3) is 5.91 Å². The number of hydrogen-bond acceptors (Lipinski definition) is 3. The van der Waals surface area contributed by atoms with Gasteiger partial charge in [0.05, 0.1) is 23.3 Å². The lowest BCUT2D eigenvalue weighted by Crippen LogP contribution is -2.48. The molecular weight excluding hydrogens is 288 g/mol. The summed E-state index contributed by atoms with van der Waals surface area (Å²) in [5.41, 5.74) is 2.95. The minimum atomic E-state index is 0.196. The predicted octanol–water partition coefficient (Wildman–Crippen LogP) is 2.15. The smallest absolute Gasteiger partial charge is 0.255 e. The number of nitrogens with zero attached hydrogens (tertiary/aromatic N) is 4. The van der Waals surface area contributed by atoms with Crippen molar-refractivity contribution in [3.8, 4) is 0 Å². The first-order chi connectivity index (χ1) is 11.1. The fourth-order valence-corrected chi connectivity index (χ4v) is 5.10. The largest absolute Gasteiger partial charge is 0.328 e. The van der Waals surface area contributed by atoms with Crippen molar-refractivity contribution in [3.05, 3.63) is 29.5 Å². The first-order valence-corrected chi connectivity index (χ1v) is 8.62. The summed E-state index contributed by atoms with van der Waals surface area (Å²) in [6.45, 7) is 0.662. The lowest BCUT2D eigenvalue weighted by Gasteiger charge is -2.37. The molecular formula is C18H22N4O. The van der Waals surface area contributed by atoms with Gasteiger partial charge in [0.2, 0.25) is 0 Å². The molecule has 0 N–H and O–H groups in total. The molecule has 0 aliphatic carbocycles. The number of amides is 1. The number of rotatable bonds is 1. The predicted molar refractivity (Wildman–Crippen MR) is 88.2 cm³/mol. The third-order valence-corrected chi connectivity index (χ3v) is 6.26. The molecule has 2 fully saturated rings. The molecule has 23 heavy (non-hydrogen) atoms. The molecule has 3 unspecified atom stereocenters. The van der Waals surface area contributed by atoms with Gasteiger partial charge in [0.1, 0.15) is 0 Å². The van der Waals surface area contributed by atoms with Crippen LogP contribution in [0.2, 0.25) is 0 Å². The van der Waals surface area contributed by atoms with Crippen molar-refractivity contribution < 1.29 is 4.79 Å². The average Bonchev–Trinajstić information content (AvgIpc) is 2.93. The van der Waals surface area contributed by atoms with Gasteiger partial charge in [-0.3, -0.25) is 14.4 Å². The number of carbonyl (C=O) groups is 1. The summed E-state index contributed by atoms with van der Waals surface area (Å²) in [6.07, 6.45) is 4.89. The maximum absolute atomic E-state index is 13.2. The number of carbonyl (C=O) groups excluding carboxylic acids is 1. The lowest BCUT2D eigenvalue weighted by molar-refractivity contribution is 0.0586. The third-order valence-electron chi connectivity index (χ3n) is 6.26. The van der Waals surface area contributed by atoms with E-state index in [4.69, 9.17) is 5.10 Å². The molecule has 2 bridgehead atoms. The Balaban J connectivity index is 1.59. The van der Waals surface area contributed by atoms with E-state index in [0.717, 1.165) is 28.6 Å². The fourth-order valence-electron chi connectivity index (χ4n) is 5.10. The van der Waals surface area contributed by atoms with Crippen LogP contribution in [0, 0.1) is 0 Å². The highest BCUT2D eigenvalue weighted by Crippen LogP contribution is 2.40. The van der Waals surface area contributed by atoms with Crippen LogP contribution in [-0.4, -0.2) is 50.7 Å². The third kappa shape index (κ3) is 1.71.